The predicted molar refractivity (Wildman–Crippen MR) is 71.3 cm³/mol. The quantitative estimate of drug-likeness (QED) is 0.805. The molecule has 0 radical (unpaired) electrons. The lowest BCUT2D eigenvalue weighted by atomic mass is 10.2. The number of primary amides is 1. The number of halogens is 1. The van der Waals surface area contributed by atoms with Crippen LogP contribution in [0.3, 0.4) is 0 Å². The summed E-state index contributed by atoms with van der Waals surface area (Å²) < 4.78 is 4.83. The van der Waals surface area contributed by atoms with Crippen LogP contribution in [-0.2, 0) is 0 Å². The van der Waals surface area contributed by atoms with Crippen LogP contribution in [0, 0.1) is 0 Å². The molecule has 98 valence electrons. The van der Waals surface area contributed by atoms with Crippen molar-refractivity contribution in [2.24, 2.45) is 5.73 Å². The van der Waals surface area contributed by atoms with E-state index in [4.69, 9.17) is 21.8 Å². The topological polar surface area (TPSA) is 97.4 Å². The molecule has 0 spiro atoms. The van der Waals surface area contributed by atoms with Gasteiger partial charge in [0.05, 0.1) is 11.8 Å². The monoisotopic (exact) mass is 279 g/mol. The SMILES string of the molecule is NC(=O)Nc1cccc(NC(=O)c2ccoc2Cl)c1. The zero-order chi connectivity index (χ0) is 13.8. The minimum absolute atomic E-state index is 0.0175. The molecule has 0 aliphatic rings. The fraction of sp³-hybridized carbons (Fsp3) is 0. The number of rotatable bonds is 3. The largest absolute Gasteiger partial charge is 0.452 e. The third-order valence-corrected chi connectivity index (χ3v) is 2.54. The summed E-state index contributed by atoms with van der Waals surface area (Å²) >= 11 is 5.70. The average molecular weight is 280 g/mol. The highest BCUT2D eigenvalue weighted by Crippen LogP contribution is 2.20. The smallest absolute Gasteiger partial charge is 0.316 e. The first-order chi connectivity index (χ1) is 9.06. The van der Waals surface area contributed by atoms with Crippen molar-refractivity contribution in [1.29, 1.82) is 0 Å². The van der Waals surface area contributed by atoms with E-state index in [1.807, 2.05) is 0 Å². The molecule has 3 amide bonds. The number of anilines is 2. The molecule has 4 N–H and O–H groups in total. The predicted octanol–water partition coefficient (Wildman–Crippen LogP) is 2.68. The van der Waals surface area contributed by atoms with Gasteiger partial charge in [0.25, 0.3) is 5.91 Å². The lowest BCUT2D eigenvalue weighted by Crippen LogP contribution is -2.19. The molecule has 0 saturated heterocycles. The van der Waals surface area contributed by atoms with Gasteiger partial charge in [0.15, 0.2) is 0 Å². The van der Waals surface area contributed by atoms with Gasteiger partial charge < -0.3 is 20.8 Å². The third-order valence-electron chi connectivity index (χ3n) is 2.25. The number of hydrogen-bond donors (Lipinski definition) is 3. The third kappa shape index (κ3) is 3.26. The first-order valence-corrected chi connectivity index (χ1v) is 5.65. The number of benzene rings is 1. The van der Waals surface area contributed by atoms with Crippen LogP contribution in [0.15, 0.2) is 41.0 Å². The van der Waals surface area contributed by atoms with E-state index in [2.05, 4.69) is 10.6 Å². The van der Waals surface area contributed by atoms with E-state index in [1.165, 1.54) is 12.3 Å². The van der Waals surface area contributed by atoms with Crippen molar-refractivity contribution in [2.45, 2.75) is 0 Å². The minimum Gasteiger partial charge on any atom is -0.452 e. The van der Waals surface area contributed by atoms with Crippen molar-refractivity contribution < 1.29 is 14.0 Å². The second-order valence-electron chi connectivity index (χ2n) is 3.63. The molecule has 19 heavy (non-hydrogen) atoms. The number of carbonyl (C=O) groups excluding carboxylic acids is 2. The van der Waals surface area contributed by atoms with Crippen molar-refractivity contribution in [3.63, 3.8) is 0 Å². The summed E-state index contributed by atoms with van der Waals surface area (Å²) in [5.74, 6) is -0.407. The van der Waals surface area contributed by atoms with Gasteiger partial charge >= 0.3 is 6.03 Å². The van der Waals surface area contributed by atoms with Gasteiger partial charge in [-0.05, 0) is 35.9 Å². The molecule has 1 aromatic heterocycles. The summed E-state index contributed by atoms with van der Waals surface area (Å²) in [6.45, 7) is 0. The summed E-state index contributed by atoms with van der Waals surface area (Å²) in [6, 6.07) is 7.32. The standard InChI is InChI=1S/C12H10ClN3O3/c13-10-9(4-5-19-10)11(17)15-7-2-1-3-8(6-7)16-12(14)18/h1-6H,(H,15,17)(H3,14,16,18). The fourth-order valence-corrected chi connectivity index (χ4v) is 1.67. The molecule has 1 heterocycles. The summed E-state index contributed by atoms with van der Waals surface area (Å²) in [7, 11) is 0. The summed E-state index contributed by atoms with van der Waals surface area (Å²) in [5, 5.41) is 5.05. The molecule has 0 aliphatic carbocycles. The van der Waals surface area contributed by atoms with Crippen molar-refractivity contribution in [3.8, 4) is 0 Å². The van der Waals surface area contributed by atoms with E-state index < -0.39 is 11.9 Å². The van der Waals surface area contributed by atoms with Crippen LogP contribution in [0.1, 0.15) is 10.4 Å². The van der Waals surface area contributed by atoms with Crippen LogP contribution in [-0.4, -0.2) is 11.9 Å². The Bertz CT molecular complexity index is 624. The lowest BCUT2D eigenvalue weighted by molar-refractivity contribution is 0.102. The highest BCUT2D eigenvalue weighted by molar-refractivity contribution is 6.32. The number of nitrogens with two attached hydrogens (primary N) is 1. The van der Waals surface area contributed by atoms with Crippen LogP contribution in [0.2, 0.25) is 5.22 Å². The van der Waals surface area contributed by atoms with Crippen molar-refractivity contribution in [2.75, 3.05) is 10.6 Å². The number of nitrogens with one attached hydrogen (secondary N) is 2. The fourth-order valence-electron chi connectivity index (χ4n) is 1.47. The highest BCUT2D eigenvalue weighted by atomic mass is 35.5. The van der Waals surface area contributed by atoms with Gasteiger partial charge in [-0.2, -0.15) is 0 Å². The second kappa shape index (κ2) is 5.45. The molecule has 7 heteroatoms. The molecule has 1 aromatic carbocycles. The Morgan fingerprint density at radius 2 is 1.84 bits per heavy atom. The van der Waals surface area contributed by atoms with Crippen molar-refractivity contribution >= 4 is 34.9 Å². The van der Waals surface area contributed by atoms with Crippen LogP contribution >= 0.6 is 11.6 Å². The molecule has 0 atom stereocenters. The maximum absolute atomic E-state index is 11.9. The normalized spacial score (nSPS) is 9.95. The van der Waals surface area contributed by atoms with E-state index in [9.17, 15) is 9.59 Å². The Hall–Kier alpha value is -2.47. The molecule has 0 unspecified atom stereocenters. The Morgan fingerprint density at radius 3 is 2.42 bits per heavy atom. The molecular formula is C12H10ClN3O3. The average Bonchev–Trinajstić information content (AvgIpc) is 2.75. The summed E-state index contributed by atoms with van der Waals surface area (Å²) in [5.41, 5.74) is 6.21. The van der Waals surface area contributed by atoms with Gasteiger partial charge in [0, 0.05) is 11.4 Å². The van der Waals surface area contributed by atoms with Crippen LogP contribution in [0.4, 0.5) is 16.2 Å². The van der Waals surface area contributed by atoms with Gasteiger partial charge in [-0.1, -0.05) is 6.07 Å². The number of hydrogen-bond acceptors (Lipinski definition) is 3. The highest BCUT2D eigenvalue weighted by Gasteiger charge is 2.13. The minimum atomic E-state index is -0.679. The second-order valence-corrected chi connectivity index (χ2v) is 3.98. The zero-order valence-corrected chi connectivity index (χ0v) is 10.4. The Kier molecular flexibility index (Phi) is 3.72. The van der Waals surface area contributed by atoms with Crippen LogP contribution in [0.25, 0.3) is 0 Å². The Labute approximate surface area is 113 Å². The van der Waals surface area contributed by atoms with Crippen LogP contribution < -0.4 is 16.4 Å². The first-order valence-electron chi connectivity index (χ1n) is 5.27. The molecule has 6 nitrogen and oxygen atoms in total. The van der Waals surface area contributed by atoms with Crippen LogP contribution in [0.5, 0.6) is 0 Å². The maximum atomic E-state index is 11.9. The molecule has 0 fully saturated rings. The molecule has 0 bridgehead atoms. The Balaban J connectivity index is 2.13. The van der Waals surface area contributed by atoms with Crippen molar-refractivity contribution in [3.05, 3.63) is 47.4 Å². The molecule has 0 saturated carbocycles. The van der Waals surface area contributed by atoms with Gasteiger partial charge in [0.2, 0.25) is 5.22 Å². The van der Waals surface area contributed by atoms with E-state index in [0.717, 1.165) is 0 Å². The van der Waals surface area contributed by atoms with E-state index in [1.54, 1.807) is 24.3 Å². The number of carbonyl (C=O) groups is 2. The van der Waals surface area contributed by atoms with E-state index in [0.29, 0.717) is 11.4 Å². The van der Waals surface area contributed by atoms with E-state index in [-0.39, 0.29) is 10.8 Å². The van der Waals surface area contributed by atoms with Crippen molar-refractivity contribution in [1.82, 2.24) is 0 Å². The van der Waals surface area contributed by atoms with E-state index >= 15 is 0 Å². The van der Waals surface area contributed by atoms with Gasteiger partial charge in [-0.15, -0.1) is 0 Å². The maximum Gasteiger partial charge on any atom is 0.316 e. The molecule has 2 aromatic rings. The first kappa shape index (κ1) is 13.0. The number of amides is 3. The zero-order valence-electron chi connectivity index (χ0n) is 9.64. The van der Waals surface area contributed by atoms with Gasteiger partial charge in [-0.25, -0.2) is 4.79 Å². The lowest BCUT2D eigenvalue weighted by Gasteiger charge is -2.06. The van der Waals surface area contributed by atoms with Gasteiger partial charge in [0.1, 0.15) is 0 Å². The number of furan rings is 1. The molecular weight excluding hydrogens is 270 g/mol. The van der Waals surface area contributed by atoms with Gasteiger partial charge in [-0.3, -0.25) is 4.79 Å². The molecule has 0 aliphatic heterocycles. The number of urea groups is 1. The molecule has 2 rings (SSSR count). The summed E-state index contributed by atoms with van der Waals surface area (Å²) in [4.78, 5) is 22.6. The Morgan fingerprint density at radius 1 is 1.16 bits per heavy atom. The summed E-state index contributed by atoms with van der Waals surface area (Å²) in [6.07, 6.45) is 1.32.